The molecule has 2 rings (SSSR count). The molecule has 0 bridgehead atoms. The van der Waals surface area contributed by atoms with Gasteiger partial charge in [-0.05, 0) is 30.2 Å². The van der Waals surface area contributed by atoms with Gasteiger partial charge in [-0.1, -0.05) is 35.9 Å². The fraction of sp³-hybridized carbons (Fsp3) is 0.300. The SMILES string of the molecule is CN=C(NCCOc1cccc(NC(C)=O)c1)NCCc1ccccc1Cl.I. The molecular formula is C20H26ClIN4O2. The molecule has 8 heteroatoms. The standard InChI is InChI=1S/C20H25ClN4O2.HI/c1-15(26)25-17-7-5-8-18(14-17)27-13-12-24-20(22-2)23-11-10-16-6-3-4-9-19(16)21;/h3-9,14H,10-13H2,1-2H3,(H,25,26)(H2,22,23,24);1H. The Balaban J connectivity index is 0.00000392. The summed E-state index contributed by atoms with van der Waals surface area (Å²) in [4.78, 5) is 15.3. The van der Waals surface area contributed by atoms with Gasteiger partial charge in [0.25, 0.3) is 0 Å². The van der Waals surface area contributed by atoms with Crippen LogP contribution in [0.1, 0.15) is 12.5 Å². The number of nitrogens with one attached hydrogen (secondary N) is 3. The highest BCUT2D eigenvalue weighted by Crippen LogP contribution is 2.17. The summed E-state index contributed by atoms with van der Waals surface area (Å²) in [5, 5.41) is 9.96. The molecule has 0 unspecified atom stereocenters. The number of aliphatic imine (C=N–C) groups is 1. The molecule has 0 radical (unpaired) electrons. The van der Waals surface area contributed by atoms with Crippen molar-refractivity contribution in [2.75, 3.05) is 32.1 Å². The first-order chi connectivity index (χ1) is 13.1. The van der Waals surface area contributed by atoms with Crippen molar-refractivity contribution in [3.05, 3.63) is 59.1 Å². The van der Waals surface area contributed by atoms with Crippen molar-refractivity contribution in [3.8, 4) is 5.75 Å². The third-order valence-corrected chi connectivity index (χ3v) is 4.05. The van der Waals surface area contributed by atoms with E-state index in [-0.39, 0.29) is 29.9 Å². The average molecular weight is 517 g/mol. The van der Waals surface area contributed by atoms with Crippen molar-refractivity contribution >= 4 is 53.1 Å². The van der Waals surface area contributed by atoms with Gasteiger partial charge in [-0.3, -0.25) is 9.79 Å². The quantitative estimate of drug-likeness (QED) is 0.216. The minimum Gasteiger partial charge on any atom is -0.492 e. The van der Waals surface area contributed by atoms with Crippen LogP contribution in [0.2, 0.25) is 5.02 Å². The van der Waals surface area contributed by atoms with Crippen molar-refractivity contribution < 1.29 is 9.53 Å². The molecule has 2 aromatic rings. The van der Waals surface area contributed by atoms with E-state index in [0.717, 1.165) is 23.6 Å². The average Bonchev–Trinajstić information content (AvgIpc) is 2.65. The molecule has 0 fully saturated rings. The van der Waals surface area contributed by atoms with Crippen LogP contribution in [0, 0.1) is 0 Å². The monoisotopic (exact) mass is 516 g/mol. The van der Waals surface area contributed by atoms with Crippen LogP contribution in [0.25, 0.3) is 0 Å². The molecule has 152 valence electrons. The number of carbonyl (C=O) groups excluding carboxylic acids is 1. The number of guanidine groups is 1. The van der Waals surface area contributed by atoms with E-state index in [2.05, 4.69) is 20.9 Å². The van der Waals surface area contributed by atoms with E-state index < -0.39 is 0 Å². The van der Waals surface area contributed by atoms with Gasteiger partial charge >= 0.3 is 0 Å². The van der Waals surface area contributed by atoms with Gasteiger partial charge in [-0.2, -0.15) is 0 Å². The van der Waals surface area contributed by atoms with Crippen molar-refractivity contribution in [2.45, 2.75) is 13.3 Å². The number of ether oxygens (including phenoxy) is 1. The van der Waals surface area contributed by atoms with Crippen molar-refractivity contribution in [3.63, 3.8) is 0 Å². The maximum absolute atomic E-state index is 11.1. The molecule has 0 atom stereocenters. The number of carbonyl (C=O) groups is 1. The zero-order chi connectivity index (χ0) is 19.5. The van der Waals surface area contributed by atoms with Crippen molar-refractivity contribution in [1.82, 2.24) is 10.6 Å². The van der Waals surface area contributed by atoms with Gasteiger partial charge < -0.3 is 20.7 Å². The van der Waals surface area contributed by atoms with Crippen molar-refractivity contribution in [1.29, 1.82) is 0 Å². The van der Waals surface area contributed by atoms with Crippen LogP contribution in [-0.2, 0) is 11.2 Å². The molecule has 0 aliphatic rings. The Bertz CT molecular complexity index is 786. The second-order valence-electron chi connectivity index (χ2n) is 5.82. The van der Waals surface area contributed by atoms with Gasteiger partial charge in [0.15, 0.2) is 5.96 Å². The highest BCUT2D eigenvalue weighted by Gasteiger charge is 2.02. The summed E-state index contributed by atoms with van der Waals surface area (Å²) in [6.07, 6.45) is 0.812. The minimum absolute atomic E-state index is 0. The lowest BCUT2D eigenvalue weighted by Crippen LogP contribution is -2.40. The summed E-state index contributed by atoms with van der Waals surface area (Å²) in [7, 11) is 1.72. The summed E-state index contributed by atoms with van der Waals surface area (Å²) < 4.78 is 5.70. The molecular weight excluding hydrogens is 491 g/mol. The Labute approximate surface area is 188 Å². The summed E-state index contributed by atoms with van der Waals surface area (Å²) >= 11 is 6.16. The Morgan fingerprint density at radius 2 is 1.86 bits per heavy atom. The second kappa shape index (κ2) is 13.2. The zero-order valence-electron chi connectivity index (χ0n) is 16.0. The lowest BCUT2D eigenvalue weighted by atomic mass is 10.1. The molecule has 1 amide bonds. The largest absolute Gasteiger partial charge is 0.492 e. The molecule has 2 aromatic carbocycles. The second-order valence-corrected chi connectivity index (χ2v) is 6.23. The van der Waals surface area contributed by atoms with Gasteiger partial charge in [-0.25, -0.2) is 0 Å². The molecule has 3 N–H and O–H groups in total. The van der Waals surface area contributed by atoms with Crippen LogP contribution >= 0.6 is 35.6 Å². The van der Waals surface area contributed by atoms with Crippen LogP contribution in [0.15, 0.2) is 53.5 Å². The first-order valence-electron chi connectivity index (χ1n) is 8.77. The smallest absolute Gasteiger partial charge is 0.221 e. The predicted octanol–water partition coefficient (Wildman–Crippen LogP) is 3.70. The van der Waals surface area contributed by atoms with E-state index in [1.807, 2.05) is 42.5 Å². The summed E-state index contributed by atoms with van der Waals surface area (Å²) in [6, 6.07) is 15.1. The molecule has 0 spiro atoms. The molecule has 0 aromatic heterocycles. The molecule has 0 heterocycles. The maximum atomic E-state index is 11.1. The first-order valence-corrected chi connectivity index (χ1v) is 9.14. The summed E-state index contributed by atoms with van der Waals surface area (Å²) in [5.41, 5.74) is 1.81. The van der Waals surface area contributed by atoms with Gasteiger partial charge in [0.2, 0.25) is 5.91 Å². The van der Waals surface area contributed by atoms with Crippen LogP contribution in [0.4, 0.5) is 5.69 Å². The van der Waals surface area contributed by atoms with Gasteiger partial charge in [0.05, 0.1) is 6.54 Å². The Morgan fingerprint density at radius 3 is 2.57 bits per heavy atom. The van der Waals surface area contributed by atoms with Gasteiger partial charge in [-0.15, -0.1) is 24.0 Å². The molecule has 6 nitrogen and oxygen atoms in total. The fourth-order valence-electron chi connectivity index (χ4n) is 2.44. The Kier molecular flexibility index (Phi) is 11.4. The topological polar surface area (TPSA) is 74.8 Å². The lowest BCUT2D eigenvalue weighted by Gasteiger charge is -2.13. The number of hydrogen-bond donors (Lipinski definition) is 3. The van der Waals surface area contributed by atoms with Gasteiger partial charge in [0.1, 0.15) is 12.4 Å². The van der Waals surface area contributed by atoms with Gasteiger partial charge in [0, 0.05) is 37.3 Å². The minimum atomic E-state index is -0.111. The third-order valence-electron chi connectivity index (χ3n) is 3.69. The van der Waals surface area contributed by atoms with E-state index in [1.165, 1.54) is 6.92 Å². The number of nitrogens with zero attached hydrogens (tertiary/aromatic N) is 1. The first kappa shape index (κ1) is 24.0. The van der Waals surface area contributed by atoms with E-state index >= 15 is 0 Å². The van der Waals surface area contributed by atoms with E-state index in [9.17, 15) is 4.79 Å². The molecule has 0 aliphatic carbocycles. The van der Waals surface area contributed by atoms with Crippen LogP contribution in [0.5, 0.6) is 5.75 Å². The highest BCUT2D eigenvalue weighted by molar-refractivity contribution is 14.0. The molecule has 0 aliphatic heterocycles. The van der Waals surface area contributed by atoms with E-state index in [1.54, 1.807) is 13.1 Å². The zero-order valence-corrected chi connectivity index (χ0v) is 19.1. The predicted molar refractivity (Wildman–Crippen MR) is 126 cm³/mol. The number of anilines is 1. The lowest BCUT2D eigenvalue weighted by molar-refractivity contribution is -0.114. The molecule has 28 heavy (non-hydrogen) atoms. The summed E-state index contributed by atoms with van der Waals surface area (Å²) in [6.45, 7) is 3.26. The van der Waals surface area contributed by atoms with E-state index in [0.29, 0.717) is 30.5 Å². The van der Waals surface area contributed by atoms with Crippen LogP contribution in [0.3, 0.4) is 0 Å². The highest BCUT2D eigenvalue weighted by atomic mass is 127. The number of hydrogen-bond acceptors (Lipinski definition) is 3. The number of rotatable bonds is 8. The Hall–Kier alpha value is -2.00. The summed E-state index contributed by atoms with van der Waals surface area (Å²) in [5.74, 6) is 1.29. The Morgan fingerprint density at radius 1 is 1.11 bits per heavy atom. The van der Waals surface area contributed by atoms with Crippen LogP contribution < -0.4 is 20.7 Å². The van der Waals surface area contributed by atoms with E-state index in [4.69, 9.17) is 16.3 Å². The van der Waals surface area contributed by atoms with Crippen molar-refractivity contribution in [2.24, 2.45) is 4.99 Å². The third kappa shape index (κ3) is 8.79. The maximum Gasteiger partial charge on any atom is 0.221 e. The number of benzene rings is 2. The fourth-order valence-corrected chi connectivity index (χ4v) is 2.67. The molecule has 0 saturated carbocycles. The van der Waals surface area contributed by atoms with Crippen LogP contribution in [-0.4, -0.2) is 38.6 Å². The molecule has 0 saturated heterocycles. The normalized spacial score (nSPS) is 10.6. The number of amides is 1. The number of halogens is 2.